The Labute approximate surface area is 163 Å². The van der Waals surface area contributed by atoms with Crippen molar-refractivity contribution in [3.63, 3.8) is 0 Å². The van der Waals surface area contributed by atoms with Crippen LogP contribution in [0.25, 0.3) is 0 Å². The van der Waals surface area contributed by atoms with Crippen LogP contribution >= 0.6 is 0 Å². The number of carbonyl (C=O) groups excluding carboxylic acids is 1. The highest BCUT2D eigenvalue weighted by atomic mass is 16.5. The fourth-order valence-corrected chi connectivity index (χ4v) is 3.29. The van der Waals surface area contributed by atoms with Gasteiger partial charge in [0.25, 0.3) is 0 Å². The minimum atomic E-state index is -0.207. The van der Waals surface area contributed by atoms with Crippen LogP contribution in [0.3, 0.4) is 0 Å². The molecule has 8 nitrogen and oxygen atoms in total. The molecule has 2 aromatic heterocycles. The Bertz CT molecular complexity index is 900. The molecule has 1 saturated heterocycles. The van der Waals surface area contributed by atoms with E-state index in [1.54, 1.807) is 4.68 Å². The molecule has 0 saturated carbocycles. The lowest BCUT2D eigenvalue weighted by Gasteiger charge is -2.33. The van der Waals surface area contributed by atoms with Crippen LogP contribution in [0.15, 0.2) is 54.9 Å². The molecule has 3 aromatic rings. The van der Waals surface area contributed by atoms with E-state index in [0.717, 1.165) is 17.8 Å². The van der Waals surface area contributed by atoms with Crippen LogP contribution < -0.4 is 0 Å². The number of tetrazole rings is 1. The van der Waals surface area contributed by atoms with Gasteiger partial charge in [-0.3, -0.25) is 9.78 Å². The second-order valence-electron chi connectivity index (χ2n) is 6.74. The number of nitrogens with zero attached hydrogens (tertiary/aromatic N) is 6. The lowest BCUT2D eigenvalue weighted by molar-refractivity contribution is -0.139. The molecule has 28 heavy (non-hydrogen) atoms. The summed E-state index contributed by atoms with van der Waals surface area (Å²) < 4.78 is 7.47. The van der Waals surface area contributed by atoms with Gasteiger partial charge in [-0.15, -0.1) is 5.10 Å². The SMILES string of the molecule is O=C(CCn1cnnn1)N1CCOC(c2cccc(Cc3ccccc3)n2)C1. The second-order valence-corrected chi connectivity index (χ2v) is 6.74. The summed E-state index contributed by atoms with van der Waals surface area (Å²) in [5.41, 5.74) is 3.08. The first-order valence-electron chi connectivity index (χ1n) is 9.38. The van der Waals surface area contributed by atoms with Gasteiger partial charge in [-0.1, -0.05) is 36.4 Å². The molecule has 0 N–H and O–H groups in total. The lowest BCUT2D eigenvalue weighted by atomic mass is 10.1. The van der Waals surface area contributed by atoms with E-state index in [2.05, 4.69) is 27.7 Å². The van der Waals surface area contributed by atoms with Gasteiger partial charge >= 0.3 is 0 Å². The van der Waals surface area contributed by atoms with Crippen molar-refractivity contribution in [3.8, 4) is 0 Å². The normalized spacial score (nSPS) is 16.9. The molecular formula is C20H22N6O2. The molecule has 0 radical (unpaired) electrons. The largest absolute Gasteiger partial charge is 0.368 e. The molecule has 0 aliphatic carbocycles. The first kappa shape index (κ1) is 18.2. The topological polar surface area (TPSA) is 86.0 Å². The van der Waals surface area contributed by atoms with E-state index in [4.69, 9.17) is 9.72 Å². The molecule has 1 aliphatic rings. The predicted molar refractivity (Wildman–Crippen MR) is 101 cm³/mol. The Morgan fingerprint density at radius 2 is 2.04 bits per heavy atom. The zero-order valence-electron chi connectivity index (χ0n) is 15.5. The monoisotopic (exact) mass is 378 g/mol. The molecule has 1 atom stereocenters. The van der Waals surface area contributed by atoms with Crippen LogP contribution in [0.4, 0.5) is 0 Å². The van der Waals surface area contributed by atoms with Crippen LogP contribution in [-0.4, -0.2) is 55.7 Å². The maximum Gasteiger partial charge on any atom is 0.224 e. The van der Waals surface area contributed by atoms with Crippen molar-refractivity contribution in [2.24, 2.45) is 0 Å². The smallest absolute Gasteiger partial charge is 0.224 e. The van der Waals surface area contributed by atoms with Crippen molar-refractivity contribution in [1.82, 2.24) is 30.1 Å². The zero-order valence-corrected chi connectivity index (χ0v) is 15.5. The van der Waals surface area contributed by atoms with Crippen LogP contribution in [-0.2, 0) is 22.5 Å². The minimum Gasteiger partial charge on any atom is -0.368 e. The highest BCUT2D eigenvalue weighted by molar-refractivity contribution is 5.76. The molecule has 8 heteroatoms. The predicted octanol–water partition coefficient (Wildman–Crippen LogP) is 1.65. The lowest BCUT2D eigenvalue weighted by Crippen LogP contribution is -2.42. The van der Waals surface area contributed by atoms with Gasteiger partial charge in [-0.25, -0.2) is 4.68 Å². The maximum absolute atomic E-state index is 12.5. The van der Waals surface area contributed by atoms with Crippen LogP contribution in [0.2, 0.25) is 0 Å². The molecule has 4 rings (SSSR count). The Hall–Kier alpha value is -3.13. The fourth-order valence-electron chi connectivity index (χ4n) is 3.29. The molecule has 1 unspecified atom stereocenters. The van der Waals surface area contributed by atoms with Gasteiger partial charge in [-0.2, -0.15) is 0 Å². The second kappa shape index (κ2) is 8.71. The molecule has 144 valence electrons. The van der Waals surface area contributed by atoms with Crippen LogP contribution in [0, 0.1) is 0 Å². The summed E-state index contributed by atoms with van der Waals surface area (Å²) in [6.45, 7) is 2.08. The molecule has 1 fully saturated rings. The number of amides is 1. The van der Waals surface area contributed by atoms with E-state index >= 15 is 0 Å². The zero-order chi connectivity index (χ0) is 19.2. The quantitative estimate of drug-likeness (QED) is 0.648. The van der Waals surface area contributed by atoms with Crippen molar-refractivity contribution < 1.29 is 9.53 Å². The Kier molecular flexibility index (Phi) is 5.67. The van der Waals surface area contributed by atoms with Gasteiger partial charge < -0.3 is 9.64 Å². The molecule has 3 heterocycles. The molecule has 0 bridgehead atoms. The van der Waals surface area contributed by atoms with Gasteiger partial charge in [0.2, 0.25) is 5.91 Å². The van der Waals surface area contributed by atoms with Gasteiger partial charge in [0, 0.05) is 25.1 Å². The first-order valence-corrected chi connectivity index (χ1v) is 9.38. The maximum atomic E-state index is 12.5. The number of morpholine rings is 1. The van der Waals surface area contributed by atoms with Crippen LogP contribution in [0.1, 0.15) is 29.5 Å². The van der Waals surface area contributed by atoms with Gasteiger partial charge in [0.05, 0.1) is 25.4 Å². The highest BCUT2D eigenvalue weighted by Crippen LogP contribution is 2.22. The van der Waals surface area contributed by atoms with Crippen molar-refractivity contribution in [3.05, 3.63) is 71.8 Å². The molecule has 0 spiro atoms. The first-order chi connectivity index (χ1) is 13.8. The molecule has 1 aromatic carbocycles. The number of hydrogen-bond acceptors (Lipinski definition) is 6. The number of aryl methyl sites for hydroxylation is 1. The Morgan fingerprint density at radius 1 is 1.14 bits per heavy atom. The number of benzene rings is 1. The van der Waals surface area contributed by atoms with Crippen molar-refractivity contribution in [1.29, 1.82) is 0 Å². The van der Waals surface area contributed by atoms with E-state index in [-0.39, 0.29) is 12.0 Å². The molecular weight excluding hydrogens is 356 g/mol. The number of hydrogen-bond donors (Lipinski definition) is 0. The van der Waals surface area contributed by atoms with E-state index in [1.807, 2.05) is 41.3 Å². The van der Waals surface area contributed by atoms with Crippen molar-refractivity contribution in [2.75, 3.05) is 19.7 Å². The standard InChI is InChI=1S/C20H22N6O2/c27-20(9-10-26-15-21-23-24-26)25-11-12-28-19(14-25)18-8-4-7-17(22-18)13-16-5-2-1-3-6-16/h1-8,15,19H,9-14H2. The van der Waals surface area contributed by atoms with Gasteiger partial charge in [0.1, 0.15) is 12.4 Å². The average molecular weight is 378 g/mol. The summed E-state index contributed by atoms with van der Waals surface area (Å²) in [6.07, 6.45) is 2.44. The van der Waals surface area contributed by atoms with Crippen LogP contribution in [0.5, 0.6) is 0 Å². The van der Waals surface area contributed by atoms with E-state index in [9.17, 15) is 4.79 Å². The number of ether oxygens (including phenoxy) is 1. The number of aromatic nitrogens is 5. The Balaban J connectivity index is 1.38. The van der Waals surface area contributed by atoms with E-state index in [0.29, 0.717) is 32.7 Å². The molecule has 1 aliphatic heterocycles. The summed E-state index contributed by atoms with van der Waals surface area (Å²) in [6, 6.07) is 16.2. The summed E-state index contributed by atoms with van der Waals surface area (Å²) in [4.78, 5) is 19.2. The summed E-state index contributed by atoms with van der Waals surface area (Å²) in [5.74, 6) is 0.0734. The summed E-state index contributed by atoms with van der Waals surface area (Å²) in [5, 5.41) is 11.0. The van der Waals surface area contributed by atoms with E-state index < -0.39 is 0 Å². The fraction of sp³-hybridized carbons (Fsp3) is 0.350. The third-order valence-corrected chi connectivity index (χ3v) is 4.75. The average Bonchev–Trinajstić information content (AvgIpc) is 3.27. The molecule has 1 amide bonds. The summed E-state index contributed by atoms with van der Waals surface area (Å²) in [7, 11) is 0. The highest BCUT2D eigenvalue weighted by Gasteiger charge is 2.26. The number of rotatable bonds is 6. The van der Waals surface area contributed by atoms with Crippen molar-refractivity contribution in [2.45, 2.75) is 25.5 Å². The third kappa shape index (κ3) is 4.58. The Morgan fingerprint density at radius 3 is 2.86 bits per heavy atom. The van der Waals surface area contributed by atoms with Gasteiger partial charge in [0.15, 0.2) is 0 Å². The summed E-state index contributed by atoms with van der Waals surface area (Å²) >= 11 is 0. The van der Waals surface area contributed by atoms with Crippen molar-refractivity contribution >= 4 is 5.91 Å². The van der Waals surface area contributed by atoms with Gasteiger partial charge in [-0.05, 0) is 28.1 Å². The number of carbonyl (C=O) groups is 1. The number of pyridine rings is 1. The minimum absolute atomic E-state index is 0.0734. The third-order valence-electron chi connectivity index (χ3n) is 4.75. The van der Waals surface area contributed by atoms with E-state index in [1.165, 1.54) is 11.9 Å².